The Balaban J connectivity index is 1.34. The maximum Gasteiger partial charge on any atom is 0.257 e. The van der Waals surface area contributed by atoms with E-state index in [1.807, 2.05) is 11.0 Å². The number of carbonyl (C=O) groups is 1. The third-order valence-electron chi connectivity index (χ3n) is 6.22. The van der Waals surface area contributed by atoms with E-state index in [0.29, 0.717) is 50.2 Å². The molecule has 5 rings (SSSR count). The molecule has 0 bridgehead atoms. The molecule has 0 saturated carbocycles. The molecule has 2 atom stereocenters. The summed E-state index contributed by atoms with van der Waals surface area (Å²) < 4.78 is 33.7. The number of aromatic nitrogens is 2. The van der Waals surface area contributed by atoms with E-state index >= 15 is 0 Å². The zero-order valence-electron chi connectivity index (χ0n) is 16.1. The molecule has 0 N–H and O–H groups in total. The van der Waals surface area contributed by atoms with Crippen molar-refractivity contribution in [1.29, 1.82) is 5.26 Å². The summed E-state index contributed by atoms with van der Waals surface area (Å²) in [6, 6.07) is 6.70. The van der Waals surface area contributed by atoms with Crippen LogP contribution in [0.1, 0.15) is 43.1 Å². The Bertz CT molecular complexity index is 1030. The molecule has 2 unspecified atom stereocenters. The number of fused-ring (bicyclic) bond motifs is 1. The fraction of sp³-hybridized carbons (Fsp3) is 0.429. The minimum absolute atomic E-state index is 0.104. The number of hydrogen-bond acceptors (Lipinski definition) is 6. The maximum atomic E-state index is 13.7. The van der Waals surface area contributed by atoms with Crippen molar-refractivity contribution in [1.82, 2.24) is 14.9 Å². The summed E-state index contributed by atoms with van der Waals surface area (Å²) in [6.07, 6.45) is 3.38. The van der Waals surface area contributed by atoms with Gasteiger partial charge in [-0.05, 0) is 36.6 Å². The van der Waals surface area contributed by atoms with Crippen molar-refractivity contribution in [3.05, 3.63) is 53.5 Å². The molecule has 154 valence electrons. The van der Waals surface area contributed by atoms with Crippen LogP contribution in [-0.4, -0.2) is 45.7 Å². The third kappa shape index (κ3) is 2.99. The molecule has 3 saturated heterocycles. The molecule has 7 nitrogen and oxygen atoms in total. The van der Waals surface area contributed by atoms with Crippen molar-refractivity contribution in [2.24, 2.45) is 0 Å². The topological polar surface area (TPSA) is 82.4 Å². The first-order chi connectivity index (χ1) is 14.5. The highest BCUT2D eigenvalue weighted by atomic mass is 19.1. The summed E-state index contributed by atoms with van der Waals surface area (Å²) >= 11 is 0. The summed E-state index contributed by atoms with van der Waals surface area (Å²) in [5, 5.41) is 9.00. The predicted octanol–water partition coefficient (Wildman–Crippen LogP) is 2.69. The van der Waals surface area contributed by atoms with Gasteiger partial charge in [-0.25, -0.2) is 18.7 Å². The van der Waals surface area contributed by atoms with Crippen LogP contribution < -0.4 is 4.90 Å². The second kappa shape index (κ2) is 6.99. The molecule has 3 aliphatic rings. The number of hydrogen-bond donors (Lipinski definition) is 0. The van der Waals surface area contributed by atoms with Gasteiger partial charge in [-0.2, -0.15) is 5.26 Å². The summed E-state index contributed by atoms with van der Waals surface area (Å²) in [7, 11) is 0. The molecule has 3 fully saturated rings. The van der Waals surface area contributed by atoms with Gasteiger partial charge < -0.3 is 14.5 Å². The van der Waals surface area contributed by atoms with Gasteiger partial charge in [0.25, 0.3) is 5.91 Å². The number of benzene rings is 1. The summed E-state index contributed by atoms with van der Waals surface area (Å²) in [4.78, 5) is 25.2. The van der Waals surface area contributed by atoms with Gasteiger partial charge in [-0.15, -0.1) is 0 Å². The normalized spacial score (nSPS) is 24.9. The molecule has 30 heavy (non-hydrogen) atoms. The molecule has 4 heterocycles. The van der Waals surface area contributed by atoms with Crippen LogP contribution in [-0.2, 0) is 9.53 Å². The first-order valence-corrected chi connectivity index (χ1v) is 9.94. The molecule has 9 heteroatoms. The monoisotopic (exact) mass is 411 g/mol. The second-order valence-corrected chi connectivity index (χ2v) is 7.91. The molecule has 1 aromatic heterocycles. The van der Waals surface area contributed by atoms with Gasteiger partial charge in [-0.1, -0.05) is 0 Å². The Morgan fingerprint density at radius 2 is 1.90 bits per heavy atom. The van der Waals surface area contributed by atoms with Crippen molar-refractivity contribution < 1.29 is 18.3 Å². The Morgan fingerprint density at radius 1 is 1.17 bits per heavy atom. The standard InChI is InChI=1S/C21H19F2N5O2/c22-14-9-13(10-15(23)11-14)16-1-2-19-28(16)20(29)21(30-19)4-7-27(8-5-21)18-3-6-25-17(12-24)26-18/h3,6,9-11,16,19H,1-2,4-5,7-8H2. The number of piperidine rings is 1. The number of anilines is 1. The Hall–Kier alpha value is -3.12. The fourth-order valence-electron chi connectivity index (χ4n) is 4.82. The van der Waals surface area contributed by atoms with Crippen molar-refractivity contribution in [2.45, 2.75) is 43.6 Å². The van der Waals surface area contributed by atoms with Crippen LogP contribution in [0.25, 0.3) is 0 Å². The Kier molecular flexibility index (Phi) is 4.40. The van der Waals surface area contributed by atoms with E-state index in [4.69, 9.17) is 10.00 Å². The summed E-state index contributed by atoms with van der Waals surface area (Å²) in [5.41, 5.74) is -0.456. The van der Waals surface area contributed by atoms with E-state index in [-0.39, 0.29) is 24.0 Å². The lowest BCUT2D eigenvalue weighted by molar-refractivity contribution is -0.140. The van der Waals surface area contributed by atoms with Crippen LogP contribution in [0.2, 0.25) is 0 Å². The van der Waals surface area contributed by atoms with E-state index in [1.54, 1.807) is 17.2 Å². The van der Waals surface area contributed by atoms with Crippen LogP contribution in [0.15, 0.2) is 30.5 Å². The summed E-state index contributed by atoms with van der Waals surface area (Å²) in [5.74, 6) is -0.654. The highest BCUT2D eigenvalue weighted by Crippen LogP contribution is 2.48. The Labute approximate surface area is 171 Å². The Morgan fingerprint density at radius 3 is 2.60 bits per heavy atom. The van der Waals surface area contributed by atoms with Crippen LogP contribution in [0, 0.1) is 23.0 Å². The predicted molar refractivity (Wildman–Crippen MR) is 101 cm³/mol. The lowest BCUT2D eigenvalue weighted by atomic mass is 9.89. The molecule has 0 radical (unpaired) electrons. The highest BCUT2D eigenvalue weighted by Gasteiger charge is 2.58. The maximum absolute atomic E-state index is 13.7. The fourth-order valence-corrected chi connectivity index (χ4v) is 4.82. The van der Waals surface area contributed by atoms with Crippen LogP contribution >= 0.6 is 0 Å². The summed E-state index contributed by atoms with van der Waals surface area (Å²) in [6.45, 7) is 1.10. The molecule has 1 spiro atoms. The third-order valence-corrected chi connectivity index (χ3v) is 6.22. The molecule has 2 aromatic rings. The molecular weight excluding hydrogens is 392 g/mol. The number of amides is 1. The van der Waals surface area contributed by atoms with Crippen LogP contribution in [0.3, 0.4) is 0 Å². The number of rotatable bonds is 2. The first-order valence-electron chi connectivity index (χ1n) is 9.94. The number of carbonyl (C=O) groups excluding carboxylic acids is 1. The van der Waals surface area contributed by atoms with Gasteiger partial charge in [-0.3, -0.25) is 4.79 Å². The lowest BCUT2D eigenvalue weighted by Crippen LogP contribution is -2.50. The number of halogens is 2. The van der Waals surface area contributed by atoms with E-state index in [1.165, 1.54) is 12.1 Å². The number of nitrogens with zero attached hydrogens (tertiary/aromatic N) is 5. The number of nitriles is 1. The van der Waals surface area contributed by atoms with Gasteiger partial charge in [0.1, 0.15) is 29.7 Å². The van der Waals surface area contributed by atoms with Crippen LogP contribution in [0.4, 0.5) is 14.6 Å². The van der Waals surface area contributed by atoms with E-state index < -0.39 is 17.2 Å². The van der Waals surface area contributed by atoms with Crippen molar-refractivity contribution in [3.8, 4) is 6.07 Å². The minimum atomic E-state index is -0.920. The molecule has 1 amide bonds. The SMILES string of the molecule is N#Cc1nccc(N2CCC3(CC2)OC2CCC(c4cc(F)cc(F)c4)N2C3=O)n1. The van der Waals surface area contributed by atoms with E-state index in [2.05, 4.69) is 9.97 Å². The highest BCUT2D eigenvalue weighted by molar-refractivity contribution is 5.88. The van der Waals surface area contributed by atoms with Crippen LogP contribution in [0.5, 0.6) is 0 Å². The van der Waals surface area contributed by atoms with Crippen molar-refractivity contribution in [3.63, 3.8) is 0 Å². The van der Waals surface area contributed by atoms with Gasteiger partial charge >= 0.3 is 0 Å². The second-order valence-electron chi connectivity index (χ2n) is 7.91. The van der Waals surface area contributed by atoms with Crippen molar-refractivity contribution in [2.75, 3.05) is 18.0 Å². The zero-order valence-corrected chi connectivity index (χ0v) is 16.1. The average Bonchev–Trinajstić information content (AvgIpc) is 3.26. The molecule has 1 aromatic carbocycles. The largest absolute Gasteiger partial charge is 0.356 e. The van der Waals surface area contributed by atoms with Gasteiger partial charge in [0.2, 0.25) is 5.82 Å². The van der Waals surface area contributed by atoms with Gasteiger partial charge in [0.15, 0.2) is 5.60 Å². The quantitative estimate of drug-likeness (QED) is 0.756. The number of ether oxygens (including phenoxy) is 1. The molecular formula is C21H19F2N5O2. The average molecular weight is 411 g/mol. The molecule has 3 aliphatic heterocycles. The van der Waals surface area contributed by atoms with E-state index in [0.717, 1.165) is 6.07 Å². The zero-order chi connectivity index (χ0) is 20.9. The minimum Gasteiger partial charge on any atom is -0.356 e. The van der Waals surface area contributed by atoms with E-state index in [9.17, 15) is 13.6 Å². The molecule has 0 aliphatic carbocycles. The lowest BCUT2D eigenvalue weighted by Gasteiger charge is -2.38. The van der Waals surface area contributed by atoms with Crippen molar-refractivity contribution >= 4 is 11.7 Å². The smallest absolute Gasteiger partial charge is 0.257 e. The van der Waals surface area contributed by atoms with Gasteiger partial charge in [0, 0.05) is 38.2 Å². The van der Waals surface area contributed by atoms with Gasteiger partial charge in [0.05, 0.1) is 6.04 Å². The first kappa shape index (κ1) is 18.9.